The van der Waals surface area contributed by atoms with Crippen molar-refractivity contribution in [2.45, 2.75) is 10.9 Å². The van der Waals surface area contributed by atoms with Crippen molar-refractivity contribution in [2.75, 3.05) is 21.2 Å². The molecular weight excluding hydrogens is 430 g/mol. The Labute approximate surface area is 171 Å². The minimum atomic E-state index is -3.86. The first-order valence-electron chi connectivity index (χ1n) is 8.04. The molecule has 0 unspecified atom stereocenters. The van der Waals surface area contributed by atoms with E-state index in [-0.39, 0.29) is 21.0 Å². The van der Waals surface area contributed by atoms with E-state index in [2.05, 4.69) is 10.1 Å². The molecule has 0 aliphatic carbocycles. The summed E-state index contributed by atoms with van der Waals surface area (Å²) in [7, 11) is -0.206. The molecule has 2 aromatic carbocycles. The third-order valence-corrected chi connectivity index (χ3v) is 6.09. The Kier molecular flexibility index (Phi) is 6.93. The van der Waals surface area contributed by atoms with Gasteiger partial charge in [-0.05, 0) is 24.3 Å². The van der Waals surface area contributed by atoms with Crippen molar-refractivity contribution < 1.29 is 31.5 Å². The molecular formula is C18H17ClF2N2O5S. The van der Waals surface area contributed by atoms with Crippen LogP contribution in [0.5, 0.6) is 0 Å². The van der Waals surface area contributed by atoms with E-state index in [1.807, 2.05) is 0 Å². The molecule has 0 spiro atoms. The quantitative estimate of drug-likeness (QED) is 0.688. The van der Waals surface area contributed by atoms with Crippen LogP contribution in [0, 0.1) is 11.6 Å². The van der Waals surface area contributed by atoms with E-state index in [0.29, 0.717) is 6.07 Å². The number of sulfonamides is 1. The molecule has 7 nitrogen and oxygen atoms in total. The Morgan fingerprint density at radius 2 is 1.79 bits per heavy atom. The summed E-state index contributed by atoms with van der Waals surface area (Å²) in [6.45, 7) is 0. The summed E-state index contributed by atoms with van der Waals surface area (Å²) in [6.07, 6.45) is 0. The van der Waals surface area contributed by atoms with Crippen LogP contribution in [0.1, 0.15) is 22.0 Å². The summed E-state index contributed by atoms with van der Waals surface area (Å²) in [5, 5.41) is 2.15. The predicted molar refractivity (Wildman–Crippen MR) is 101 cm³/mol. The molecule has 0 aliphatic heterocycles. The number of carbonyl (C=O) groups excluding carboxylic acids is 2. The highest BCUT2D eigenvalue weighted by molar-refractivity contribution is 7.89. The SMILES string of the molecule is COC(=O)[C@@H](NC(=O)c1cc(S(=O)(=O)N(C)C)ccc1Cl)c1ccc(F)cc1F. The number of nitrogens with one attached hydrogen (secondary N) is 1. The number of carbonyl (C=O) groups is 2. The number of hydrogen-bond acceptors (Lipinski definition) is 5. The molecule has 11 heteroatoms. The number of benzene rings is 2. The van der Waals surface area contributed by atoms with Gasteiger partial charge >= 0.3 is 5.97 Å². The second-order valence-electron chi connectivity index (χ2n) is 6.02. The highest BCUT2D eigenvalue weighted by Crippen LogP contribution is 2.24. The number of methoxy groups -OCH3 is 1. The molecule has 0 fully saturated rings. The largest absolute Gasteiger partial charge is 0.467 e. The minimum Gasteiger partial charge on any atom is -0.467 e. The van der Waals surface area contributed by atoms with Gasteiger partial charge in [0, 0.05) is 25.7 Å². The lowest BCUT2D eigenvalue weighted by atomic mass is 10.1. The van der Waals surface area contributed by atoms with Gasteiger partial charge in [-0.25, -0.2) is 26.3 Å². The summed E-state index contributed by atoms with van der Waals surface area (Å²) >= 11 is 6.01. The van der Waals surface area contributed by atoms with Gasteiger partial charge in [0.15, 0.2) is 6.04 Å². The van der Waals surface area contributed by atoms with Gasteiger partial charge in [0.1, 0.15) is 11.6 Å². The van der Waals surface area contributed by atoms with E-state index >= 15 is 0 Å². The van der Waals surface area contributed by atoms with E-state index < -0.39 is 39.6 Å². The number of ether oxygens (including phenoxy) is 1. The first kappa shape index (κ1) is 22.7. The monoisotopic (exact) mass is 446 g/mol. The Hall–Kier alpha value is -2.56. The Balaban J connectivity index is 2.46. The van der Waals surface area contributed by atoms with Gasteiger partial charge in [-0.15, -0.1) is 0 Å². The lowest BCUT2D eigenvalue weighted by molar-refractivity contribution is -0.143. The zero-order valence-corrected chi connectivity index (χ0v) is 17.1. The van der Waals surface area contributed by atoms with Crippen LogP contribution in [0.15, 0.2) is 41.3 Å². The maximum absolute atomic E-state index is 14.1. The van der Waals surface area contributed by atoms with Gasteiger partial charge in [0.25, 0.3) is 5.91 Å². The number of amides is 1. The van der Waals surface area contributed by atoms with E-state index in [1.54, 1.807) is 0 Å². The number of nitrogens with zero attached hydrogens (tertiary/aromatic N) is 1. The standard InChI is InChI=1S/C18H17ClF2N2O5S/c1-23(2)29(26,27)11-5-7-14(19)13(9-11)17(24)22-16(18(25)28-3)12-6-4-10(20)8-15(12)21/h4-9,16H,1-3H3,(H,22,24)/t16-/m0/s1. The minimum absolute atomic E-state index is 0.0941. The zero-order chi connectivity index (χ0) is 21.9. The topological polar surface area (TPSA) is 92.8 Å². The van der Waals surface area contributed by atoms with Crippen LogP contribution >= 0.6 is 11.6 Å². The number of rotatable bonds is 6. The molecule has 2 aromatic rings. The van der Waals surface area contributed by atoms with Crippen molar-refractivity contribution in [1.82, 2.24) is 9.62 Å². The van der Waals surface area contributed by atoms with Gasteiger partial charge < -0.3 is 10.1 Å². The zero-order valence-electron chi connectivity index (χ0n) is 15.6. The first-order valence-corrected chi connectivity index (χ1v) is 9.86. The Morgan fingerprint density at radius 1 is 1.14 bits per heavy atom. The fourth-order valence-corrected chi connectivity index (χ4v) is 3.51. The predicted octanol–water partition coefficient (Wildman–Crippen LogP) is 2.51. The molecule has 2 rings (SSSR count). The molecule has 0 saturated carbocycles. The average molecular weight is 447 g/mol. The van der Waals surface area contributed by atoms with Crippen LogP contribution in [0.3, 0.4) is 0 Å². The molecule has 0 bridgehead atoms. The summed E-state index contributed by atoms with van der Waals surface area (Å²) in [4.78, 5) is 24.6. The molecule has 1 N–H and O–H groups in total. The highest BCUT2D eigenvalue weighted by Gasteiger charge is 2.29. The molecule has 0 aromatic heterocycles. The van der Waals surface area contributed by atoms with Crippen molar-refractivity contribution in [1.29, 1.82) is 0 Å². The lowest BCUT2D eigenvalue weighted by Crippen LogP contribution is -2.35. The van der Waals surface area contributed by atoms with Gasteiger partial charge in [-0.3, -0.25) is 4.79 Å². The summed E-state index contributed by atoms with van der Waals surface area (Å²) in [5.41, 5.74) is -0.592. The third-order valence-electron chi connectivity index (χ3n) is 3.95. The van der Waals surface area contributed by atoms with Gasteiger partial charge in [0.05, 0.1) is 22.6 Å². The molecule has 0 heterocycles. The summed E-state index contributed by atoms with van der Waals surface area (Å²) in [6, 6.07) is 4.29. The summed E-state index contributed by atoms with van der Waals surface area (Å²) < 4.78 is 57.4. The fraction of sp³-hybridized carbons (Fsp3) is 0.222. The molecule has 1 atom stereocenters. The second-order valence-corrected chi connectivity index (χ2v) is 8.58. The van der Waals surface area contributed by atoms with Crippen molar-refractivity contribution in [3.63, 3.8) is 0 Å². The van der Waals surface area contributed by atoms with Crippen LogP contribution in [-0.2, 0) is 19.6 Å². The molecule has 0 aliphatic rings. The fourth-order valence-electron chi connectivity index (χ4n) is 2.38. The van der Waals surface area contributed by atoms with Crippen LogP contribution in [-0.4, -0.2) is 45.8 Å². The Morgan fingerprint density at radius 3 is 2.34 bits per heavy atom. The van der Waals surface area contributed by atoms with Crippen molar-refractivity contribution in [3.8, 4) is 0 Å². The van der Waals surface area contributed by atoms with Crippen molar-refractivity contribution in [3.05, 3.63) is 64.2 Å². The van der Waals surface area contributed by atoms with Gasteiger partial charge in [-0.1, -0.05) is 17.7 Å². The van der Waals surface area contributed by atoms with Crippen molar-refractivity contribution >= 4 is 33.5 Å². The van der Waals surface area contributed by atoms with Crippen LogP contribution < -0.4 is 5.32 Å². The second kappa shape index (κ2) is 8.85. The normalized spacial score (nSPS) is 12.5. The van der Waals surface area contributed by atoms with Crippen molar-refractivity contribution in [2.24, 2.45) is 0 Å². The number of hydrogen-bond donors (Lipinski definition) is 1. The molecule has 156 valence electrons. The van der Waals surface area contributed by atoms with E-state index in [1.165, 1.54) is 26.2 Å². The average Bonchev–Trinajstić information content (AvgIpc) is 2.65. The number of halogens is 3. The third kappa shape index (κ3) is 4.89. The first-order chi connectivity index (χ1) is 13.5. The highest BCUT2D eigenvalue weighted by atomic mass is 35.5. The van der Waals surface area contributed by atoms with E-state index in [9.17, 15) is 26.8 Å². The maximum Gasteiger partial charge on any atom is 0.333 e. The number of esters is 1. The van der Waals surface area contributed by atoms with Crippen LogP contribution in [0.4, 0.5) is 8.78 Å². The maximum atomic E-state index is 14.1. The van der Waals surface area contributed by atoms with E-state index in [0.717, 1.165) is 29.6 Å². The van der Waals surface area contributed by atoms with Crippen LogP contribution in [0.2, 0.25) is 5.02 Å². The molecule has 29 heavy (non-hydrogen) atoms. The lowest BCUT2D eigenvalue weighted by Gasteiger charge is -2.18. The molecule has 1 amide bonds. The smallest absolute Gasteiger partial charge is 0.333 e. The van der Waals surface area contributed by atoms with E-state index in [4.69, 9.17) is 11.6 Å². The summed E-state index contributed by atoms with van der Waals surface area (Å²) in [5.74, 6) is -3.91. The Bertz CT molecular complexity index is 1060. The van der Waals surface area contributed by atoms with Gasteiger partial charge in [0.2, 0.25) is 10.0 Å². The molecule has 0 radical (unpaired) electrons. The van der Waals surface area contributed by atoms with Gasteiger partial charge in [-0.2, -0.15) is 0 Å². The van der Waals surface area contributed by atoms with Crippen LogP contribution in [0.25, 0.3) is 0 Å². The molecule has 0 saturated heterocycles.